The van der Waals surface area contributed by atoms with Crippen LogP contribution in [0.5, 0.6) is 5.75 Å². The van der Waals surface area contributed by atoms with E-state index in [1.807, 2.05) is 24.3 Å². The molecule has 0 spiro atoms. The summed E-state index contributed by atoms with van der Waals surface area (Å²) in [6, 6.07) is 19.5. The fraction of sp³-hybridized carbons (Fsp3) is 0.250. The maximum absolute atomic E-state index is 13.5. The number of hydrogen-bond acceptors (Lipinski definition) is 5. The monoisotopic (exact) mass is 618 g/mol. The van der Waals surface area contributed by atoms with Crippen LogP contribution in [0.3, 0.4) is 0 Å². The summed E-state index contributed by atoms with van der Waals surface area (Å²) < 4.78 is 48.5. The number of nitrogens with zero attached hydrogens (tertiary/aromatic N) is 3. The predicted octanol–water partition coefficient (Wildman–Crippen LogP) is 7.45. The molecule has 0 unspecified atom stereocenters. The first kappa shape index (κ1) is 28.7. The van der Waals surface area contributed by atoms with E-state index in [4.69, 9.17) is 4.74 Å². The lowest BCUT2D eigenvalue weighted by Crippen LogP contribution is -2.24. The Bertz CT molecular complexity index is 1390. The summed E-state index contributed by atoms with van der Waals surface area (Å²) >= 11 is 4.75. The molecule has 0 aliphatic rings. The molecule has 0 saturated carbocycles. The number of ether oxygens (including phenoxy) is 1. The Morgan fingerprint density at radius 1 is 1.05 bits per heavy atom. The number of alkyl halides is 3. The third-order valence-electron chi connectivity index (χ3n) is 5.70. The molecule has 4 aromatic rings. The van der Waals surface area contributed by atoms with E-state index in [9.17, 15) is 18.0 Å². The zero-order valence-electron chi connectivity index (χ0n) is 21.0. The van der Waals surface area contributed by atoms with Gasteiger partial charge in [0.05, 0.1) is 24.4 Å². The van der Waals surface area contributed by atoms with Gasteiger partial charge in [0, 0.05) is 15.8 Å². The highest BCUT2D eigenvalue weighted by molar-refractivity contribution is 9.10. The molecule has 0 atom stereocenters. The number of carbonyl (C=O) groups is 1. The summed E-state index contributed by atoms with van der Waals surface area (Å²) in [7, 11) is 0. The second-order valence-electron chi connectivity index (χ2n) is 8.61. The number of nitrogens with one attached hydrogen (secondary N) is 1. The van der Waals surface area contributed by atoms with Crippen LogP contribution in [0.1, 0.15) is 47.1 Å². The molecular weight excluding hydrogens is 593 g/mol. The van der Waals surface area contributed by atoms with Gasteiger partial charge < -0.3 is 10.1 Å². The van der Waals surface area contributed by atoms with E-state index in [2.05, 4.69) is 38.4 Å². The van der Waals surface area contributed by atoms with Gasteiger partial charge in [0.25, 0.3) is 5.91 Å². The van der Waals surface area contributed by atoms with Gasteiger partial charge >= 0.3 is 6.18 Å². The summed E-state index contributed by atoms with van der Waals surface area (Å²) in [5, 5.41) is 11.6. The van der Waals surface area contributed by atoms with Crippen LogP contribution in [-0.2, 0) is 18.5 Å². The van der Waals surface area contributed by atoms with Crippen LogP contribution in [0.15, 0.2) is 82.4 Å². The molecular formula is C28H26BrF3N4O2S. The summed E-state index contributed by atoms with van der Waals surface area (Å²) in [6.45, 7) is 2.65. The van der Waals surface area contributed by atoms with Gasteiger partial charge in [0.1, 0.15) is 5.75 Å². The Hall–Kier alpha value is -3.31. The van der Waals surface area contributed by atoms with Gasteiger partial charge in [-0.2, -0.15) is 13.2 Å². The van der Waals surface area contributed by atoms with Crippen molar-refractivity contribution in [1.29, 1.82) is 0 Å². The molecule has 0 aliphatic heterocycles. The Morgan fingerprint density at radius 2 is 1.79 bits per heavy atom. The average molecular weight is 620 g/mol. The molecule has 6 nitrogen and oxygen atoms in total. The van der Waals surface area contributed by atoms with Crippen molar-refractivity contribution in [3.63, 3.8) is 0 Å². The molecule has 4 rings (SSSR count). The maximum Gasteiger partial charge on any atom is 0.416 e. The number of amides is 1. The number of hydrogen-bond donors (Lipinski definition) is 1. The maximum atomic E-state index is 13.5. The largest absolute Gasteiger partial charge is 0.494 e. The lowest BCUT2D eigenvalue weighted by Gasteiger charge is -2.14. The van der Waals surface area contributed by atoms with Gasteiger partial charge in [-0.1, -0.05) is 59.2 Å². The molecule has 1 N–H and O–H groups in total. The Labute approximate surface area is 237 Å². The molecule has 204 valence electrons. The number of rotatable bonds is 11. The van der Waals surface area contributed by atoms with Crippen molar-refractivity contribution in [3.8, 4) is 11.4 Å². The van der Waals surface area contributed by atoms with E-state index >= 15 is 0 Å². The van der Waals surface area contributed by atoms with Crippen molar-refractivity contribution in [3.05, 3.63) is 99.8 Å². The fourth-order valence-electron chi connectivity index (χ4n) is 3.62. The average Bonchev–Trinajstić information content (AvgIpc) is 3.34. The van der Waals surface area contributed by atoms with E-state index in [1.54, 1.807) is 34.9 Å². The van der Waals surface area contributed by atoms with Crippen LogP contribution < -0.4 is 10.1 Å². The number of carbonyl (C=O) groups excluding carboxylic acids is 1. The standard InChI is InChI=1S/C28H26BrF3N4O2S/c1-2-3-15-38-24-13-9-20(10-14-24)26(37)33-17-25-34-35-27(39-18-19-7-11-22(29)12-8-19)36(25)23-6-4-5-21(16-23)28(30,31)32/h4-14,16H,2-3,15,17-18H2,1H3,(H,33,37). The van der Waals surface area contributed by atoms with Crippen molar-refractivity contribution < 1.29 is 22.7 Å². The van der Waals surface area contributed by atoms with Crippen LogP contribution >= 0.6 is 27.7 Å². The SMILES string of the molecule is CCCCOc1ccc(C(=O)NCc2nnc(SCc3ccc(Br)cc3)n2-c2cccc(C(F)(F)F)c2)cc1. The summed E-state index contributed by atoms with van der Waals surface area (Å²) in [6.07, 6.45) is -2.54. The van der Waals surface area contributed by atoms with E-state index in [0.717, 1.165) is 35.0 Å². The summed E-state index contributed by atoms with van der Waals surface area (Å²) in [5.74, 6) is 1.17. The molecule has 1 amide bonds. The number of unbranched alkanes of at least 4 members (excludes halogenated alkanes) is 1. The normalized spacial score (nSPS) is 11.4. The number of aromatic nitrogens is 3. The number of halogens is 4. The second kappa shape index (κ2) is 13.2. The number of thioether (sulfide) groups is 1. The van der Waals surface area contributed by atoms with E-state index in [0.29, 0.717) is 34.7 Å². The minimum absolute atomic E-state index is 0.0321. The van der Waals surface area contributed by atoms with Gasteiger partial charge in [0.2, 0.25) is 0 Å². The Kier molecular flexibility index (Phi) is 9.68. The molecule has 0 fully saturated rings. The quantitative estimate of drug-likeness (QED) is 0.140. The van der Waals surface area contributed by atoms with Crippen LogP contribution in [-0.4, -0.2) is 27.3 Å². The van der Waals surface area contributed by atoms with Gasteiger partial charge in [-0.05, 0) is 66.6 Å². The molecule has 0 saturated heterocycles. The Balaban J connectivity index is 1.54. The summed E-state index contributed by atoms with van der Waals surface area (Å²) in [5.41, 5.74) is 0.909. The molecule has 11 heteroatoms. The minimum atomic E-state index is -4.50. The predicted molar refractivity (Wildman–Crippen MR) is 148 cm³/mol. The number of benzene rings is 3. The van der Waals surface area contributed by atoms with Crippen LogP contribution in [0.25, 0.3) is 5.69 Å². The first-order valence-corrected chi connectivity index (χ1v) is 14.0. The second-order valence-corrected chi connectivity index (χ2v) is 10.5. The van der Waals surface area contributed by atoms with Crippen LogP contribution in [0, 0.1) is 0 Å². The highest BCUT2D eigenvalue weighted by Gasteiger charge is 2.31. The topological polar surface area (TPSA) is 69.0 Å². The molecule has 0 radical (unpaired) electrons. The highest BCUT2D eigenvalue weighted by atomic mass is 79.9. The van der Waals surface area contributed by atoms with Crippen molar-refractivity contribution >= 4 is 33.6 Å². The molecule has 0 aliphatic carbocycles. The lowest BCUT2D eigenvalue weighted by molar-refractivity contribution is -0.137. The first-order chi connectivity index (χ1) is 18.7. The van der Waals surface area contributed by atoms with Crippen molar-refractivity contribution in [2.24, 2.45) is 0 Å². The smallest absolute Gasteiger partial charge is 0.416 e. The zero-order chi connectivity index (χ0) is 27.8. The van der Waals surface area contributed by atoms with Crippen LogP contribution in [0.2, 0.25) is 0 Å². The van der Waals surface area contributed by atoms with Crippen molar-refractivity contribution in [1.82, 2.24) is 20.1 Å². The third kappa shape index (κ3) is 7.86. The van der Waals surface area contributed by atoms with E-state index < -0.39 is 11.7 Å². The van der Waals surface area contributed by atoms with Gasteiger partial charge in [-0.15, -0.1) is 10.2 Å². The van der Waals surface area contributed by atoms with Gasteiger partial charge in [-0.3, -0.25) is 9.36 Å². The molecule has 0 bridgehead atoms. The highest BCUT2D eigenvalue weighted by Crippen LogP contribution is 2.32. The van der Waals surface area contributed by atoms with Crippen molar-refractivity contribution in [2.45, 2.75) is 43.4 Å². The molecule has 3 aromatic carbocycles. The molecule has 1 aromatic heterocycles. The van der Waals surface area contributed by atoms with E-state index in [1.165, 1.54) is 17.8 Å². The van der Waals surface area contributed by atoms with Crippen molar-refractivity contribution in [2.75, 3.05) is 6.61 Å². The zero-order valence-corrected chi connectivity index (χ0v) is 23.4. The van der Waals surface area contributed by atoms with Gasteiger partial charge in [-0.25, -0.2) is 0 Å². The van der Waals surface area contributed by atoms with Crippen LogP contribution in [0.4, 0.5) is 13.2 Å². The fourth-order valence-corrected chi connectivity index (χ4v) is 4.81. The van der Waals surface area contributed by atoms with Gasteiger partial charge in [0.15, 0.2) is 11.0 Å². The first-order valence-electron chi connectivity index (χ1n) is 12.2. The summed E-state index contributed by atoms with van der Waals surface area (Å²) in [4.78, 5) is 12.8. The minimum Gasteiger partial charge on any atom is -0.494 e. The molecule has 39 heavy (non-hydrogen) atoms. The van der Waals surface area contributed by atoms with E-state index in [-0.39, 0.29) is 18.1 Å². The third-order valence-corrected chi connectivity index (χ3v) is 7.23. The lowest BCUT2D eigenvalue weighted by atomic mass is 10.2. The molecule has 1 heterocycles. The Morgan fingerprint density at radius 3 is 2.49 bits per heavy atom.